The van der Waals surface area contributed by atoms with Crippen LogP contribution < -0.4 is 5.73 Å². The molecule has 20 heavy (non-hydrogen) atoms. The van der Waals surface area contributed by atoms with Crippen molar-refractivity contribution in [3.63, 3.8) is 0 Å². The Hall–Kier alpha value is -1.25. The highest BCUT2D eigenvalue weighted by atomic mass is 32.2. The SMILES string of the molecule is COC1CCCN(S(=O)(=O)c2c(F)cc(N)cc2F)C1. The number of methoxy groups -OCH3 is 1. The van der Waals surface area contributed by atoms with Gasteiger partial charge in [-0.1, -0.05) is 0 Å². The summed E-state index contributed by atoms with van der Waals surface area (Å²) >= 11 is 0. The zero-order valence-electron chi connectivity index (χ0n) is 11.0. The number of piperidine rings is 1. The van der Waals surface area contributed by atoms with E-state index in [9.17, 15) is 17.2 Å². The molecule has 112 valence electrons. The van der Waals surface area contributed by atoms with Crippen molar-refractivity contribution in [1.82, 2.24) is 4.31 Å². The van der Waals surface area contributed by atoms with E-state index in [1.165, 1.54) is 7.11 Å². The van der Waals surface area contributed by atoms with Gasteiger partial charge in [0.05, 0.1) is 6.10 Å². The molecule has 1 aromatic rings. The summed E-state index contributed by atoms with van der Waals surface area (Å²) in [5.41, 5.74) is 5.13. The standard InChI is InChI=1S/C12H16F2N2O3S/c1-19-9-3-2-4-16(7-9)20(17,18)12-10(13)5-8(15)6-11(12)14/h5-6,9H,2-4,7,15H2,1H3. The Morgan fingerprint density at radius 1 is 1.35 bits per heavy atom. The fourth-order valence-electron chi connectivity index (χ4n) is 2.27. The molecule has 2 N–H and O–H groups in total. The number of nitrogens with zero attached hydrogens (tertiary/aromatic N) is 1. The highest BCUT2D eigenvalue weighted by molar-refractivity contribution is 7.89. The van der Waals surface area contributed by atoms with E-state index in [-0.39, 0.29) is 24.9 Å². The van der Waals surface area contributed by atoms with Gasteiger partial charge < -0.3 is 10.5 Å². The van der Waals surface area contributed by atoms with Gasteiger partial charge in [-0.15, -0.1) is 0 Å². The van der Waals surface area contributed by atoms with Crippen molar-refractivity contribution in [2.45, 2.75) is 23.8 Å². The van der Waals surface area contributed by atoms with E-state index in [2.05, 4.69) is 0 Å². The van der Waals surface area contributed by atoms with Crippen molar-refractivity contribution in [3.05, 3.63) is 23.8 Å². The number of rotatable bonds is 3. The lowest BCUT2D eigenvalue weighted by molar-refractivity contribution is 0.0570. The number of hydrogen-bond donors (Lipinski definition) is 1. The van der Waals surface area contributed by atoms with Crippen molar-refractivity contribution in [2.75, 3.05) is 25.9 Å². The molecule has 1 heterocycles. The number of ether oxygens (including phenoxy) is 1. The molecule has 1 fully saturated rings. The summed E-state index contributed by atoms with van der Waals surface area (Å²) in [5, 5.41) is 0. The molecule has 0 bridgehead atoms. The van der Waals surface area contributed by atoms with Crippen molar-refractivity contribution < 1.29 is 21.9 Å². The summed E-state index contributed by atoms with van der Waals surface area (Å²) in [7, 11) is -2.76. The predicted molar refractivity (Wildman–Crippen MR) is 69.6 cm³/mol. The second kappa shape index (κ2) is 5.63. The van der Waals surface area contributed by atoms with Gasteiger partial charge in [-0.2, -0.15) is 4.31 Å². The summed E-state index contributed by atoms with van der Waals surface area (Å²) in [5.74, 6) is -2.36. The van der Waals surface area contributed by atoms with Crippen molar-refractivity contribution in [2.24, 2.45) is 0 Å². The maximum absolute atomic E-state index is 13.8. The molecule has 1 aromatic carbocycles. The van der Waals surface area contributed by atoms with E-state index in [4.69, 9.17) is 10.5 Å². The molecule has 0 saturated carbocycles. The Bertz CT molecular complexity index is 584. The first kappa shape index (κ1) is 15.1. The molecule has 0 radical (unpaired) electrons. The van der Waals surface area contributed by atoms with Gasteiger partial charge in [0.25, 0.3) is 0 Å². The summed E-state index contributed by atoms with van der Waals surface area (Å²) in [4.78, 5) is -0.955. The normalized spacial score (nSPS) is 21.1. The highest BCUT2D eigenvalue weighted by Gasteiger charge is 2.34. The molecule has 8 heteroatoms. The van der Waals surface area contributed by atoms with E-state index in [1.807, 2.05) is 0 Å². The van der Waals surface area contributed by atoms with Gasteiger partial charge in [-0.25, -0.2) is 17.2 Å². The van der Waals surface area contributed by atoms with Crippen LogP contribution in [0.2, 0.25) is 0 Å². The molecule has 1 saturated heterocycles. The third-order valence-electron chi connectivity index (χ3n) is 3.29. The summed E-state index contributed by atoms with van der Waals surface area (Å²) in [6.07, 6.45) is 1.03. The third kappa shape index (κ3) is 2.77. The molecule has 0 aliphatic carbocycles. The zero-order valence-corrected chi connectivity index (χ0v) is 11.8. The molecule has 0 amide bonds. The number of benzene rings is 1. The molecule has 1 aliphatic rings. The van der Waals surface area contributed by atoms with Gasteiger partial charge in [0, 0.05) is 25.9 Å². The molecule has 1 aliphatic heterocycles. The van der Waals surface area contributed by atoms with Crippen molar-refractivity contribution in [1.29, 1.82) is 0 Å². The van der Waals surface area contributed by atoms with Crippen LogP contribution in [0.4, 0.5) is 14.5 Å². The Balaban J connectivity index is 2.40. The van der Waals surface area contributed by atoms with Crippen LogP contribution in [0.25, 0.3) is 0 Å². The summed E-state index contributed by atoms with van der Waals surface area (Å²) < 4.78 is 58.4. The van der Waals surface area contributed by atoms with E-state index >= 15 is 0 Å². The van der Waals surface area contributed by atoms with Crippen molar-refractivity contribution in [3.8, 4) is 0 Å². The van der Waals surface area contributed by atoms with E-state index in [1.54, 1.807) is 0 Å². The molecular formula is C12H16F2N2O3S. The van der Waals surface area contributed by atoms with Gasteiger partial charge in [0.1, 0.15) is 11.6 Å². The second-order valence-electron chi connectivity index (χ2n) is 4.68. The molecule has 1 unspecified atom stereocenters. The van der Waals surface area contributed by atoms with Gasteiger partial charge >= 0.3 is 0 Å². The zero-order chi connectivity index (χ0) is 14.9. The average Bonchev–Trinajstić information content (AvgIpc) is 2.37. The maximum Gasteiger partial charge on any atom is 0.249 e. The van der Waals surface area contributed by atoms with Gasteiger partial charge in [-0.05, 0) is 25.0 Å². The van der Waals surface area contributed by atoms with E-state index < -0.39 is 26.6 Å². The minimum atomic E-state index is -4.24. The van der Waals surface area contributed by atoms with Crippen LogP contribution >= 0.6 is 0 Å². The molecule has 0 spiro atoms. The Morgan fingerprint density at radius 2 is 1.95 bits per heavy atom. The molecule has 0 aromatic heterocycles. The van der Waals surface area contributed by atoms with E-state index in [0.717, 1.165) is 22.9 Å². The van der Waals surface area contributed by atoms with Crippen LogP contribution in [0.3, 0.4) is 0 Å². The fraction of sp³-hybridized carbons (Fsp3) is 0.500. The Morgan fingerprint density at radius 3 is 2.50 bits per heavy atom. The minimum Gasteiger partial charge on any atom is -0.399 e. The quantitative estimate of drug-likeness (QED) is 0.856. The van der Waals surface area contributed by atoms with Gasteiger partial charge in [-0.3, -0.25) is 0 Å². The Kier molecular flexibility index (Phi) is 4.26. The molecular weight excluding hydrogens is 290 g/mol. The Labute approximate surface area is 116 Å². The number of anilines is 1. The largest absolute Gasteiger partial charge is 0.399 e. The van der Waals surface area contributed by atoms with Crippen molar-refractivity contribution >= 4 is 15.7 Å². The smallest absolute Gasteiger partial charge is 0.249 e. The summed E-state index contributed by atoms with van der Waals surface area (Å²) in [6, 6.07) is 1.60. The van der Waals surface area contributed by atoms with Crippen LogP contribution in [-0.2, 0) is 14.8 Å². The number of hydrogen-bond acceptors (Lipinski definition) is 4. The van der Waals surface area contributed by atoms with Gasteiger partial charge in [0.2, 0.25) is 10.0 Å². The lowest BCUT2D eigenvalue weighted by Gasteiger charge is -2.31. The number of nitrogens with two attached hydrogens (primary N) is 1. The van der Waals surface area contributed by atoms with Crippen LogP contribution in [0.1, 0.15) is 12.8 Å². The molecule has 1 atom stereocenters. The number of halogens is 2. The van der Waals surface area contributed by atoms with Crippen LogP contribution in [0.5, 0.6) is 0 Å². The fourth-order valence-corrected chi connectivity index (χ4v) is 3.87. The predicted octanol–water partition coefficient (Wildman–Crippen LogP) is 1.35. The third-order valence-corrected chi connectivity index (χ3v) is 5.21. The lowest BCUT2D eigenvalue weighted by Crippen LogP contribution is -2.43. The van der Waals surface area contributed by atoms with Gasteiger partial charge in [0.15, 0.2) is 4.90 Å². The van der Waals surface area contributed by atoms with Crippen LogP contribution in [0.15, 0.2) is 17.0 Å². The van der Waals surface area contributed by atoms with Crippen LogP contribution in [-0.4, -0.2) is 39.0 Å². The molecule has 5 nitrogen and oxygen atoms in total. The lowest BCUT2D eigenvalue weighted by atomic mass is 10.1. The maximum atomic E-state index is 13.8. The first-order valence-electron chi connectivity index (χ1n) is 6.13. The number of nitrogen functional groups attached to an aromatic ring is 1. The summed E-state index contributed by atoms with van der Waals surface area (Å²) in [6.45, 7) is 0.299. The van der Waals surface area contributed by atoms with E-state index in [0.29, 0.717) is 6.42 Å². The monoisotopic (exact) mass is 306 g/mol. The first-order valence-corrected chi connectivity index (χ1v) is 7.57. The molecule has 2 rings (SSSR count). The first-order chi connectivity index (χ1) is 9.36. The topological polar surface area (TPSA) is 72.6 Å². The average molecular weight is 306 g/mol. The second-order valence-corrected chi connectivity index (χ2v) is 6.55. The minimum absolute atomic E-state index is 0.0854. The van der Waals surface area contributed by atoms with Crippen LogP contribution in [0, 0.1) is 11.6 Å². The number of sulfonamides is 1. The highest BCUT2D eigenvalue weighted by Crippen LogP contribution is 2.27.